The van der Waals surface area contributed by atoms with Crippen molar-refractivity contribution in [3.05, 3.63) is 18.3 Å². The molecule has 3 rings (SSSR count). The second-order valence-corrected chi connectivity index (χ2v) is 5.67. The first-order chi connectivity index (χ1) is 11.1. The predicted octanol–water partition coefficient (Wildman–Crippen LogP) is 0.177. The first-order valence-electron chi connectivity index (χ1n) is 7.77. The number of morpholine rings is 1. The Bertz CT molecular complexity index is 587. The minimum Gasteiger partial charge on any atom is -0.375 e. The molecule has 3 N–H and O–H groups in total. The van der Waals surface area contributed by atoms with Crippen molar-refractivity contribution in [1.82, 2.24) is 15.6 Å². The van der Waals surface area contributed by atoms with Gasteiger partial charge in [-0.1, -0.05) is 0 Å². The third-order valence-electron chi connectivity index (χ3n) is 3.98. The maximum absolute atomic E-state index is 12.3. The van der Waals surface area contributed by atoms with Crippen LogP contribution in [0.15, 0.2) is 18.3 Å². The van der Waals surface area contributed by atoms with Crippen LogP contribution in [0.25, 0.3) is 0 Å². The number of pyridine rings is 1. The minimum atomic E-state index is -0.366. The Hall–Kier alpha value is -1.61. The van der Waals surface area contributed by atoms with E-state index in [1.807, 2.05) is 17.9 Å². The molecule has 0 spiro atoms. The summed E-state index contributed by atoms with van der Waals surface area (Å²) in [6.07, 6.45) is 1.44. The van der Waals surface area contributed by atoms with Gasteiger partial charge in [0, 0.05) is 19.6 Å². The van der Waals surface area contributed by atoms with Gasteiger partial charge in [0.2, 0.25) is 11.8 Å². The van der Waals surface area contributed by atoms with E-state index in [-0.39, 0.29) is 48.8 Å². The fourth-order valence-corrected chi connectivity index (χ4v) is 2.73. The number of hydrogen-bond donors (Lipinski definition) is 3. The summed E-state index contributed by atoms with van der Waals surface area (Å²) < 4.78 is 5.47. The van der Waals surface area contributed by atoms with E-state index in [0.29, 0.717) is 31.9 Å². The number of carbonyl (C=O) groups is 2. The number of nitrogens with zero attached hydrogens (tertiary/aromatic N) is 2. The summed E-state index contributed by atoms with van der Waals surface area (Å²) in [7, 11) is 0. The maximum atomic E-state index is 12.3. The van der Waals surface area contributed by atoms with Crippen molar-refractivity contribution in [2.75, 3.05) is 43.0 Å². The van der Waals surface area contributed by atoms with Crippen LogP contribution in [0, 0.1) is 0 Å². The highest BCUT2D eigenvalue weighted by Gasteiger charge is 2.28. The summed E-state index contributed by atoms with van der Waals surface area (Å²) in [6, 6.07) is 3.23. The van der Waals surface area contributed by atoms with Gasteiger partial charge in [0.15, 0.2) is 0 Å². The lowest BCUT2D eigenvalue weighted by atomic mass is 10.1. The topological polar surface area (TPSA) is 95.6 Å². The molecule has 1 aromatic rings. The molecule has 2 atom stereocenters. The molecule has 2 amide bonds. The smallest absolute Gasteiger partial charge is 0.244 e. The Morgan fingerprint density at radius 3 is 2.80 bits per heavy atom. The molecule has 1 aromatic heterocycles. The summed E-state index contributed by atoms with van der Waals surface area (Å²) in [5, 5.41) is 8.76. The molecule has 2 fully saturated rings. The summed E-state index contributed by atoms with van der Waals surface area (Å²) in [6.45, 7) is 4.80. The van der Waals surface area contributed by atoms with Crippen molar-refractivity contribution in [3.63, 3.8) is 0 Å². The van der Waals surface area contributed by atoms with Crippen molar-refractivity contribution in [1.29, 1.82) is 0 Å². The number of hydrogen-bond acceptors (Lipinski definition) is 6. The SMILES string of the molecule is C[C@H]1OCCN[C@@H]1C(=O)Nc1ccc(N2CCNC(=O)C2)nc1.Cl.Cl. The quantitative estimate of drug-likeness (QED) is 0.679. The number of ether oxygens (including phenoxy) is 1. The van der Waals surface area contributed by atoms with E-state index in [2.05, 4.69) is 20.9 Å². The van der Waals surface area contributed by atoms with Gasteiger partial charge in [-0.15, -0.1) is 24.8 Å². The number of halogens is 2. The first kappa shape index (κ1) is 21.4. The van der Waals surface area contributed by atoms with Gasteiger partial charge in [-0.2, -0.15) is 0 Å². The molecule has 0 saturated carbocycles. The molecular formula is C15H23Cl2N5O3. The average Bonchev–Trinajstić information content (AvgIpc) is 2.56. The molecule has 0 aromatic carbocycles. The standard InChI is InChI=1S/C15H21N5O3.2ClH/c1-10-14(17-5-7-23-10)15(22)19-11-2-3-12(18-8-11)20-6-4-16-13(21)9-20;;/h2-3,8,10,14,17H,4-7,9H2,1H3,(H,16,21)(H,19,22);2*1H/t10-,14+;;/m1../s1. The number of rotatable bonds is 3. The summed E-state index contributed by atoms with van der Waals surface area (Å²) >= 11 is 0. The van der Waals surface area contributed by atoms with Gasteiger partial charge in [-0.3, -0.25) is 9.59 Å². The third kappa shape index (κ3) is 5.43. The molecule has 2 aliphatic rings. The molecule has 2 aliphatic heterocycles. The van der Waals surface area contributed by atoms with Crippen LogP contribution in [0.4, 0.5) is 11.5 Å². The number of anilines is 2. The minimum absolute atomic E-state index is 0. The van der Waals surface area contributed by atoms with Gasteiger partial charge in [0.25, 0.3) is 0 Å². The van der Waals surface area contributed by atoms with Crippen LogP contribution < -0.4 is 20.9 Å². The van der Waals surface area contributed by atoms with Crippen molar-refractivity contribution < 1.29 is 14.3 Å². The van der Waals surface area contributed by atoms with E-state index in [9.17, 15) is 9.59 Å². The molecule has 3 heterocycles. The van der Waals surface area contributed by atoms with Crippen LogP contribution in [0.1, 0.15) is 6.92 Å². The van der Waals surface area contributed by atoms with E-state index in [1.54, 1.807) is 12.3 Å². The van der Waals surface area contributed by atoms with Gasteiger partial charge in [-0.05, 0) is 19.1 Å². The predicted molar refractivity (Wildman–Crippen MR) is 99.8 cm³/mol. The van der Waals surface area contributed by atoms with Crippen LogP contribution in [0.2, 0.25) is 0 Å². The van der Waals surface area contributed by atoms with Gasteiger partial charge in [0.05, 0.1) is 31.1 Å². The Morgan fingerprint density at radius 1 is 1.36 bits per heavy atom. The van der Waals surface area contributed by atoms with Crippen molar-refractivity contribution in [2.24, 2.45) is 0 Å². The molecule has 0 unspecified atom stereocenters. The lowest BCUT2D eigenvalue weighted by molar-refractivity contribution is -0.123. The second kappa shape index (κ2) is 9.76. The zero-order valence-corrected chi connectivity index (χ0v) is 15.5. The highest BCUT2D eigenvalue weighted by molar-refractivity contribution is 5.95. The second-order valence-electron chi connectivity index (χ2n) is 5.67. The molecule has 140 valence electrons. The van der Waals surface area contributed by atoms with Crippen LogP contribution in [-0.4, -0.2) is 61.7 Å². The van der Waals surface area contributed by atoms with E-state index in [1.165, 1.54) is 0 Å². The van der Waals surface area contributed by atoms with Crippen molar-refractivity contribution >= 4 is 48.1 Å². The van der Waals surface area contributed by atoms with Crippen molar-refractivity contribution in [2.45, 2.75) is 19.1 Å². The molecule has 2 saturated heterocycles. The van der Waals surface area contributed by atoms with Crippen LogP contribution in [0.5, 0.6) is 0 Å². The Balaban J connectivity index is 0.00000156. The number of nitrogens with one attached hydrogen (secondary N) is 3. The molecule has 10 heteroatoms. The zero-order valence-electron chi connectivity index (χ0n) is 13.9. The number of piperazine rings is 1. The molecule has 25 heavy (non-hydrogen) atoms. The van der Waals surface area contributed by atoms with Gasteiger partial charge >= 0.3 is 0 Å². The fraction of sp³-hybridized carbons (Fsp3) is 0.533. The van der Waals surface area contributed by atoms with Crippen molar-refractivity contribution in [3.8, 4) is 0 Å². The Kier molecular flexibility index (Phi) is 8.37. The van der Waals surface area contributed by atoms with Gasteiger partial charge in [-0.25, -0.2) is 4.98 Å². The van der Waals surface area contributed by atoms with Crippen LogP contribution in [0.3, 0.4) is 0 Å². The highest BCUT2D eigenvalue weighted by atomic mass is 35.5. The molecular weight excluding hydrogens is 369 g/mol. The maximum Gasteiger partial charge on any atom is 0.244 e. The first-order valence-corrected chi connectivity index (χ1v) is 7.77. The van der Waals surface area contributed by atoms with E-state index >= 15 is 0 Å². The van der Waals surface area contributed by atoms with Crippen LogP contribution >= 0.6 is 24.8 Å². The molecule has 8 nitrogen and oxygen atoms in total. The monoisotopic (exact) mass is 391 g/mol. The van der Waals surface area contributed by atoms with E-state index < -0.39 is 0 Å². The van der Waals surface area contributed by atoms with E-state index in [0.717, 1.165) is 12.4 Å². The zero-order chi connectivity index (χ0) is 16.2. The fourth-order valence-electron chi connectivity index (χ4n) is 2.73. The number of carbonyl (C=O) groups excluding carboxylic acids is 2. The summed E-state index contributed by atoms with van der Waals surface area (Å²) in [5.74, 6) is 0.585. The molecule has 0 radical (unpaired) electrons. The highest BCUT2D eigenvalue weighted by Crippen LogP contribution is 2.16. The Labute approximate surface area is 158 Å². The van der Waals surface area contributed by atoms with Gasteiger partial charge in [0.1, 0.15) is 11.9 Å². The van der Waals surface area contributed by atoms with E-state index in [4.69, 9.17) is 4.74 Å². The normalized spacial score (nSPS) is 22.9. The molecule has 0 aliphatic carbocycles. The van der Waals surface area contributed by atoms with Crippen LogP contribution in [-0.2, 0) is 14.3 Å². The lowest BCUT2D eigenvalue weighted by Crippen LogP contribution is -2.53. The Morgan fingerprint density at radius 2 is 2.16 bits per heavy atom. The third-order valence-corrected chi connectivity index (χ3v) is 3.98. The largest absolute Gasteiger partial charge is 0.375 e. The lowest BCUT2D eigenvalue weighted by Gasteiger charge is -2.29. The number of amides is 2. The van der Waals surface area contributed by atoms with Gasteiger partial charge < -0.3 is 25.6 Å². The number of aromatic nitrogens is 1. The summed E-state index contributed by atoms with van der Waals surface area (Å²) in [4.78, 5) is 29.9. The summed E-state index contributed by atoms with van der Waals surface area (Å²) in [5.41, 5.74) is 0.625. The molecule has 0 bridgehead atoms. The average molecular weight is 392 g/mol.